The first-order valence-corrected chi connectivity index (χ1v) is 10.0. The number of halogens is 1. The summed E-state index contributed by atoms with van der Waals surface area (Å²) >= 11 is 6.16. The van der Waals surface area contributed by atoms with Crippen molar-refractivity contribution in [2.75, 3.05) is 20.3 Å². The zero-order chi connectivity index (χ0) is 20.4. The SMILES string of the molecule is COc1cc(-c2nc(C)cnc2C)cc2c1OCCN(Cc1cccc(Cl)c1)C2. The number of fused-ring (bicyclic) bond motifs is 1. The lowest BCUT2D eigenvalue weighted by Gasteiger charge is -2.20. The number of hydrogen-bond donors (Lipinski definition) is 0. The van der Waals surface area contributed by atoms with Crippen LogP contribution in [0.15, 0.2) is 42.6 Å². The number of aromatic nitrogens is 2. The van der Waals surface area contributed by atoms with Gasteiger partial charge in [0.1, 0.15) is 6.61 Å². The molecule has 29 heavy (non-hydrogen) atoms. The Balaban J connectivity index is 1.70. The predicted molar refractivity (Wildman–Crippen MR) is 115 cm³/mol. The molecule has 0 unspecified atom stereocenters. The fourth-order valence-corrected chi connectivity index (χ4v) is 3.88. The quantitative estimate of drug-likeness (QED) is 0.618. The zero-order valence-corrected chi connectivity index (χ0v) is 17.7. The van der Waals surface area contributed by atoms with Crippen LogP contribution in [0.1, 0.15) is 22.5 Å². The van der Waals surface area contributed by atoms with Crippen LogP contribution < -0.4 is 9.47 Å². The van der Waals surface area contributed by atoms with Crippen molar-refractivity contribution in [1.82, 2.24) is 14.9 Å². The van der Waals surface area contributed by atoms with E-state index in [0.29, 0.717) is 6.61 Å². The molecule has 0 fully saturated rings. The summed E-state index contributed by atoms with van der Waals surface area (Å²) in [6, 6.07) is 12.1. The average Bonchev–Trinajstić information content (AvgIpc) is 2.90. The highest BCUT2D eigenvalue weighted by Crippen LogP contribution is 2.38. The summed E-state index contributed by atoms with van der Waals surface area (Å²) in [6.45, 7) is 6.91. The average molecular weight is 410 g/mol. The van der Waals surface area contributed by atoms with Gasteiger partial charge in [-0.15, -0.1) is 0 Å². The van der Waals surface area contributed by atoms with E-state index in [4.69, 9.17) is 26.1 Å². The molecule has 0 bridgehead atoms. The molecule has 1 aliphatic rings. The Kier molecular flexibility index (Phi) is 5.69. The summed E-state index contributed by atoms with van der Waals surface area (Å²) in [5, 5.41) is 0.756. The van der Waals surface area contributed by atoms with E-state index in [0.717, 1.165) is 64.4 Å². The molecular formula is C23H24ClN3O2. The van der Waals surface area contributed by atoms with E-state index in [1.165, 1.54) is 5.56 Å². The highest BCUT2D eigenvalue weighted by molar-refractivity contribution is 6.30. The monoisotopic (exact) mass is 409 g/mol. The molecule has 0 radical (unpaired) electrons. The summed E-state index contributed by atoms with van der Waals surface area (Å²) in [5.41, 5.74) is 5.91. The molecule has 150 valence electrons. The zero-order valence-electron chi connectivity index (χ0n) is 16.9. The van der Waals surface area contributed by atoms with Gasteiger partial charge in [0.05, 0.1) is 24.2 Å². The maximum atomic E-state index is 6.16. The molecular weight excluding hydrogens is 386 g/mol. The molecule has 0 atom stereocenters. The van der Waals surface area contributed by atoms with Crippen LogP contribution in [0.5, 0.6) is 11.5 Å². The van der Waals surface area contributed by atoms with Crippen molar-refractivity contribution in [1.29, 1.82) is 0 Å². The first-order valence-electron chi connectivity index (χ1n) is 9.64. The van der Waals surface area contributed by atoms with Gasteiger partial charge < -0.3 is 9.47 Å². The Hall–Kier alpha value is -2.63. The van der Waals surface area contributed by atoms with E-state index in [1.54, 1.807) is 13.3 Å². The Morgan fingerprint density at radius 2 is 2.07 bits per heavy atom. The first kappa shape index (κ1) is 19.7. The Morgan fingerprint density at radius 1 is 1.21 bits per heavy atom. The normalized spacial score (nSPS) is 14.1. The fraction of sp³-hybridized carbons (Fsp3) is 0.304. The van der Waals surface area contributed by atoms with Crippen LogP contribution in [0.25, 0.3) is 11.3 Å². The summed E-state index contributed by atoms with van der Waals surface area (Å²) in [5.74, 6) is 1.54. The van der Waals surface area contributed by atoms with E-state index in [1.807, 2.05) is 38.1 Å². The number of rotatable bonds is 4. The van der Waals surface area contributed by atoms with Crippen LogP contribution in [-0.4, -0.2) is 35.1 Å². The number of benzene rings is 2. The number of ether oxygens (including phenoxy) is 2. The minimum absolute atomic E-state index is 0.604. The van der Waals surface area contributed by atoms with E-state index >= 15 is 0 Å². The highest BCUT2D eigenvalue weighted by Gasteiger charge is 2.21. The number of nitrogens with zero attached hydrogens (tertiary/aromatic N) is 3. The molecule has 0 saturated heterocycles. The van der Waals surface area contributed by atoms with Crippen LogP contribution in [0.4, 0.5) is 0 Å². The molecule has 2 aromatic carbocycles. The summed E-state index contributed by atoms with van der Waals surface area (Å²) in [4.78, 5) is 11.5. The molecule has 1 aliphatic heterocycles. The highest BCUT2D eigenvalue weighted by atomic mass is 35.5. The van der Waals surface area contributed by atoms with E-state index in [9.17, 15) is 0 Å². The number of hydrogen-bond acceptors (Lipinski definition) is 5. The van der Waals surface area contributed by atoms with E-state index in [2.05, 4.69) is 22.0 Å². The second-order valence-corrected chi connectivity index (χ2v) is 7.74. The third kappa shape index (κ3) is 4.36. The first-order chi connectivity index (χ1) is 14.0. The lowest BCUT2D eigenvalue weighted by atomic mass is 10.0. The van der Waals surface area contributed by atoms with Crippen molar-refractivity contribution in [3.8, 4) is 22.8 Å². The van der Waals surface area contributed by atoms with Crippen molar-refractivity contribution in [2.24, 2.45) is 0 Å². The Bertz CT molecular complexity index is 1040. The molecule has 6 heteroatoms. The van der Waals surface area contributed by atoms with Gasteiger partial charge in [-0.1, -0.05) is 23.7 Å². The molecule has 4 rings (SSSR count). The van der Waals surface area contributed by atoms with Gasteiger partial charge in [0.25, 0.3) is 0 Å². The molecule has 0 saturated carbocycles. The largest absolute Gasteiger partial charge is 0.493 e. The molecule has 2 heterocycles. The Labute approximate surface area is 176 Å². The fourth-order valence-electron chi connectivity index (χ4n) is 3.67. The van der Waals surface area contributed by atoms with Gasteiger partial charge >= 0.3 is 0 Å². The molecule has 0 N–H and O–H groups in total. The maximum absolute atomic E-state index is 6.16. The van der Waals surface area contributed by atoms with Crippen molar-refractivity contribution in [2.45, 2.75) is 26.9 Å². The topological polar surface area (TPSA) is 47.5 Å². The molecule has 0 spiro atoms. The molecule has 0 aliphatic carbocycles. The third-order valence-electron chi connectivity index (χ3n) is 5.04. The maximum Gasteiger partial charge on any atom is 0.165 e. The van der Waals surface area contributed by atoms with Crippen molar-refractivity contribution >= 4 is 11.6 Å². The second-order valence-electron chi connectivity index (χ2n) is 7.30. The lowest BCUT2D eigenvalue weighted by molar-refractivity contribution is 0.217. The standard InChI is InChI=1S/C23H24ClN3O2/c1-15-12-25-16(2)22(26-15)18-10-19-14-27(13-17-5-4-6-20(24)9-17)7-8-29-23(19)21(11-18)28-3/h4-6,9-12H,7-8,13-14H2,1-3H3. The molecule has 1 aromatic heterocycles. The number of methoxy groups -OCH3 is 1. The smallest absolute Gasteiger partial charge is 0.165 e. The van der Waals surface area contributed by atoms with Gasteiger partial charge in [0.2, 0.25) is 0 Å². The van der Waals surface area contributed by atoms with E-state index in [-0.39, 0.29) is 0 Å². The third-order valence-corrected chi connectivity index (χ3v) is 5.28. The predicted octanol–water partition coefficient (Wildman–Crippen LogP) is 4.82. The number of aryl methyl sites for hydroxylation is 2. The molecule has 5 nitrogen and oxygen atoms in total. The van der Waals surface area contributed by atoms with Gasteiger partial charge in [0.15, 0.2) is 11.5 Å². The molecule has 0 amide bonds. The van der Waals surface area contributed by atoms with Gasteiger partial charge in [-0.05, 0) is 43.7 Å². The van der Waals surface area contributed by atoms with Gasteiger partial charge in [0, 0.05) is 42.0 Å². The molecule has 3 aromatic rings. The van der Waals surface area contributed by atoms with Crippen LogP contribution >= 0.6 is 11.6 Å². The van der Waals surface area contributed by atoms with Crippen LogP contribution in [0.3, 0.4) is 0 Å². The van der Waals surface area contributed by atoms with Crippen molar-refractivity contribution in [3.63, 3.8) is 0 Å². The van der Waals surface area contributed by atoms with Crippen LogP contribution in [-0.2, 0) is 13.1 Å². The Morgan fingerprint density at radius 3 is 2.86 bits per heavy atom. The van der Waals surface area contributed by atoms with Gasteiger partial charge in [-0.3, -0.25) is 9.88 Å². The summed E-state index contributed by atoms with van der Waals surface area (Å²) in [6.07, 6.45) is 1.79. The van der Waals surface area contributed by atoms with Crippen molar-refractivity contribution < 1.29 is 9.47 Å². The van der Waals surface area contributed by atoms with Gasteiger partial charge in [-0.25, -0.2) is 4.98 Å². The van der Waals surface area contributed by atoms with Crippen LogP contribution in [0.2, 0.25) is 5.02 Å². The summed E-state index contributed by atoms with van der Waals surface area (Å²) in [7, 11) is 1.67. The summed E-state index contributed by atoms with van der Waals surface area (Å²) < 4.78 is 11.7. The second kappa shape index (κ2) is 8.39. The van der Waals surface area contributed by atoms with Gasteiger partial charge in [-0.2, -0.15) is 0 Å². The van der Waals surface area contributed by atoms with Crippen LogP contribution in [0, 0.1) is 13.8 Å². The van der Waals surface area contributed by atoms with E-state index < -0.39 is 0 Å². The lowest BCUT2D eigenvalue weighted by Crippen LogP contribution is -2.25. The minimum atomic E-state index is 0.604. The minimum Gasteiger partial charge on any atom is -0.493 e. The van der Waals surface area contributed by atoms with Crippen molar-refractivity contribution in [3.05, 3.63) is 70.1 Å².